The van der Waals surface area contributed by atoms with Crippen LogP contribution in [0, 0.1) is 11.8 Å². The SMILES string of the molecule is CC(=O)C1C(=O)N(c2ccccc2)N=C1c1ccccc1.CC(=O)CC(=O)c1cccc2ccccc12.COc1ccc(C(=O)CC(=O)C(F)(F)F)cc1.O=C(CC(=O)C(F)(F)F)c1ccc(Br)cc1.O=C(CC(=O)C(F)(F)F)c1ccc2ccccc2c1.O=C(CC(=O)C(F)(F)F)c1cccc2ccccc12.O=C(CC(=O)C(F)(F)F)c1ccccc1.O=C1C(C(=O)C(F)(F)F)C(c2ccccc2)=NN1c1ccccc1. The molecule has 0 saturated carbocycles. The highest BCUT2D eigenvalue weighted by molar-refractivity contribution is 9.10. The van der Waals surface area contributed by atoms with Crippen LogP contribution in [-0.2, 0) is 47.9 Å². The monoisotopic (exact) mass is 2110 g/mol. The average molecular weight is 2110 g/mol. The van der Waals surface area contributed by atoms with Gasteiger partial charge in [0.1, 0.15) is 23.2 Å². The van der Waals surface area contributed by atoms with Gasteiger partial charge in [0, 0.05) is 37.9 Å². The molecule has 2 atom stereocenters. The first-order chi connectivity index (χ1) is 69.1. The summed E-state index contributed by atoms with van der Waals surface area (Å²) in [5.41, 5.74) is 3.48. The fourth-order valence-electron chi connectivity index (χ4n) is 13.2. The van der Waals surface area contributed by atoms with Crippen LogP contribution in [0.1, 0.15) is 126 Å². The van der Waals surface area contributed by atoms with Crippen LogP contribution in [0.5, 0.6) is 5.75 Å². The van der Waals surface area contributed by atoms with Crippen molar-refractivity contribution in [1.29, 1.82) is 0 Å². The number of benzene rings is 13. The minimum absolute atomic E-state index is 0.0198. The van der Waals surface area contributed by atoms with Gasteiger partial charge in [-0.25, -0.2) is 0 Å². The number of nitrogens with zero attached hydrogens (tertiary/aromatic N) is 4. The van der Waals surface area contributed by atoms with Crippen molar-refractivity contribution in [3.8, 4) is 5.75 Å². The van der Waals surface area contributed by atoms with Crippen LogP contribution in [0.15, 0.2) is 342 Å². The third kappa shape index (κ3) is 34.3. The summed E-state index contributed by atoms with van der Waals surface area (Å²) in [5, 5.41) is 15.4. The third-order valence-corrected chi connectivity index (χ3v) is 21.0. The number of ketones is 14. The molecular formula is C107H77BrF18N4O17. The number of halogens is 19. The minimum atomic E-state index is -5.12. The zero-order valence-electron chi connectivity index (χ0n) is 76.5. The van der Waals surface area contributed by atoms with E-state index in [2.05, 4.69) is 26.1 Å². The molecule has 2 aliphatic rings. The lowest BCUT2D eigenvalue weighted by Gasteiger charge is -2.15. The lowest BCUT2D eigenvalue weighted by atomic mass is 9.92. The largest absolute Gasteiger partial charge is 0.497 e. The Morgan fingerprint density at radius 3 is 0.932 bits per heavy atom. The maximum Gasteiger partial charge on any atom is 0.451 e. The first kappa shape index (κ1) is 116. The Morgan fingerprint density at radius 2 is 0.578 bits per heavy atom. The molecule has 0 bridgehead atoms. The van der Waals surface area contributed by atoms with Gasteiger partial charge < -0.3 is 4.74 Å². The van der Waals surface area contributed by atoms with Gasteiger partial charge in [-0.1, -0.05) is 277 Å². The molecule has 2 aliphatic heterocycles. The molecule has 13 aromatic carbocycles. The number of hydrogen-bond acceptors (Lipinski definition) is 19. The van der Waals surface area contributed by atoms with Gasteiger partial charge in [0.2, 0.25) is 28.9 Å². The lowest BCUT2D eigenvalue weighted by Crippen LogP contribution is -2.40. The van der Waals surface area contributed by atoms with Gasteiger partial charge in [0.25, 0.3) is 17.6 Å². The number of para-hydroxylation sites is 2. The molecule has 0 spiro atoms. The summed E-state index contributed by atoms with van der Waals surface area (Å²) in [6.07, 6.45) is -35.7. The van der Waals surface area contributed by atoms with Crippen LogP contribution in [0.3, 0.4) is 0 Å². The molecular weight excluding hydrogens is 2040 g/mol. The number of hydrazone groups is 2. The number of alkyl halides is 18. The van der Waals surface area contributed by atoms with Gasteiger partial charge in [-0.15, -0.1) is 0 Å². The Kier molecular flexibility index (Phi) is 40.9. The minimum Gasteiger partial charge on any atom is -0.497 e. The molecule has 2 unspecified atom stereocenters. The zero-order chi connectivity index (χ0) is 109. The highest BCUT2D eigenvalue weighted by atomic mass is 79.9. The lowest BCUT2D eigenvalue weighted by molar-refractivity contribution is -0.174. The predicted octanol–water partition coefficient (Wildman–Crippen LogP) is 23.9. The summed E-state index contributed by atoms with van der Waals surface area (Å²) >= 11 is 3.12. The van der Waals surface area contributed by atoms with Crippen molar-refractivity contribution in [2.24, 2.45) is 22.0 Å². The Balaban J connectivity index is 0.000000206. The normalized spacial score (nSPS) is 13.2. The second kappa shape index (κ2) is 52.0. The summed E-state index contributed by atoms with van der Waals surface area (Å²) in [7, 11) is 1.42. The molecule has 13 aromatic rings. The maximum atomic E-state index is 12.9. The standard InChI is InChI=1S/C17H11F3N2O2.C17H14N2O2.2C14H9F3O2.C14H12O2.C11H9F3O3.C10H6BrF3O2.C10H7F3O2/c18-17(19,20)15(23)13-14(11-7-3-1-4-8-11)21-22(16(13)24)12-9-5-2-6-10-12;1-12(20)15-16(13-8-4-2-5-9-13)18-19(17(15)21)14-10-6-3-7-11-14;15-14(16,17)13(19)8-12(18)11-7-3-5-9-4-1-2-6-10(9)11;15-14(16,17)13(19)8-12(18)11-6-5-9-3-1-2-4-10(9)7-11;1-10(15)9-14(16)13-8-4-6-11-5-2-3-7-12(11)13;1-17-8-4-2-7(3-5-8)9(15)6-10(16)11(12,13)14;11-7-3-1-6(2-4-7)8(15)5-9(16)10(12,13)14;11-10(12,13)9(15)6-8(14)7-4-2-1-3-5-7/h1-10,13H;2-11,15H,1H3;2*1-7H,8H2;2-8H,9H2,1H3;2-5H,6H2,1H3;1-4H,5H2;1-5H,6H2. The van der Waals surface area contributed by atoms with E-state index < -0.39 is 151 Å². The van der Waals surface area contributed by atoms with Crippen LogP contribution in [0.2, 0.25) is 0 Å². The first-order valence-electron chi connectivity index (χ1n) is 42.8. The fourth-order valence-corrected chi connectivity index (χ4v) is 13.5. The van der Waals surface area contributed by atoms with Crippen LogP contribution >= 0.6 is 15.9 Å². The summed E-state index contributed by atoms with van der Waals surface area (Å²) in [6, 6.07) is 89.6. The van der Waals surface area contributed by atoms with Gasteiger partial charge >= 0.3 is 37.1 Å². The molecule has 0 aromatic heterocycles. The highest BCUT2D eigenvalue weighted by Crippen LogP contribution is 2.35. The number of fused-ring (bicyclic) bond motifs is 3. The topological polar surface area (TPSA) is 314 Å². The quantitative estimate of drug-likeness (QED) is 0.0291. The molecule has 0 fully saturated rings. The van der Waals surface area contributed by atoms with Crippen LogP contribution in [-0.4, -0.2) is 148 Å². The van der Waals surface area contributed by atoms with E-state index in [1.54, 1.807) is 115 Å². The molecule has 0 radical (unpaired) electrons. The molecule has 147 heavy (non-hydrogen) atoms. The number of carbonyl (C=O) groups is 16. The highest BCUT2D eigenvalue weighted by Gasteiger charge is 2.53. The maximum absolute atomic E-state index is 12.9. The van der Waals surface area contributed by atoms with E-state index in [4.69, 9.17) is 4.74 Å². The van der Waals surface area contributed by atoms with E-state index in [9.17, 15) is 156 Å². The van der Waals surface area contributed by atoms with Gasteiger partial charge in [-0.3, -0.25) is 76.7 Å². The number of carbonyl (C=O) groups excluding carboxylic acids is 16. The van der Waals surface area contributed by atoms with Crippen molar-refractivity contribution in [3.63, 3.8) is 0 Å². The van der Waals surface area contributed by atoms with Crippen molar-refractivity contribution in [3.05, 3.63) is 377 Å². The number of methoxy groups -OCH3 is 1. The molecule has 760 valence electrons. The number of anilines is 2. The first-order valence-corrected chi connectivity index (χ1v) is 43.6. The Hall–Kier alpha value is -16.7. The van der Waals surface area contributed by atoms with Gasteiger partial charge in [0.05, 0.1) is 68.4 Å². The van der Waals surface area contributed by atoms with Crippen LogP contribution < -0.4 is 14.8 Å². The molecule has 15 rings (SSSR count). The molecule has 2 amide bonds. The van der Waals surface area contributed by atoms with Crippen molar-refractivity contribution < 1.29 is 160 Å². The Labute approximate surface area is 831 Å². The molecule has 0 aliphatic carbocycles. The average Bonchev–Trinajstić information content (AvgIpc) is 1.57. The summed E-state index contributed by atoms with van der Waals surface area (Å²) in [4.78, 5) is 182. The summed E-state index contributed by atoms with van der Waals surface area (Å²) in [6.45, 7) is 2.86. The molecule has 21 nitrogen and oxygen atoms in total. The fraction of sp³-hybridized carbons (Fsp3) is 0.159. The number of ether oxygens (including phenoxy) is 1. The second-order valence-electron chi connectivity index (χ2n) is 31.1. The van der Waals surface area contributed by atoms with Crippen molar-refractivity contribution >= 4 is 164 Å². The summed E-state index contributed by atoms with van der Waals surface area (Å²) in [5.74, 6) is -20.5. The van der Waals surface area contributed by atoms with Gasteiger partial charge in [-0.05, 0) is 124 Å². The Bertz CT molecular complexity index is 7050. The summed E-state index contributed by atoms with van der Waals surface area (Å²) < 4.78 is 224. The smallest absolute Gasteiger partial charge is 0.451 e. The zero-order valence-corrected chi connectivity index (χ0v) is 78.1. The van der Waals surface area contributed by atoms with E-state index in [1.165, 1.54) is 141 Å². The van der Waals surface area contributed by atoms with Crippen LogP contribution in [0.4, 0.5) is 90.4 Å². The molecule has 0 N–H and O–H groups in total. The number of amides is 2. The van der Waals surface area contributed by atoms with Gasteiger partial charge in [0.15, 0.2) is 40.6 Å². The Morgan fingerprint density at radius 1 is 0.293 bits per heavy atom. The van der Waals surface area contributed by atoms with E-state index in [1.807, 2.05) is 97.1 Å². The van der Waals surface area contributed by atoms with E-state index in [-0.39, 0.29) is 63.2 Å². The van der Waals surface area contributed by atoms with E-state index >= 15 is 0 Å². The van der Waals surface area contributed by atoms with Crippen molar-refractivity contribution in [2.75, 3.05) is 17.1 Å². The predicted molar refractivity (Wildman–Crippen MR) is 508 cm³/mol. The van der Waals surface area contributed by atoms with Crippen molar-refractivity contribution in [2.45, 2.75) is 89.4 Å². The van der Waals surface area contributed by atoms with E-state index in [0.717, 1.165) is 37.5 Å². The molecule has 0 saturated heterocycles. The number of hydrogen-bond donors (Lipinski definition) is 0. The molecule has 40 heteroatoms. The van der Waals surface area contributed by atoms with Crippen LogP contribution in [0.25, 0.3) is 32.3 Å². The third-order valence-electron chi connectivity index (χ3n) is 20.5. The second-order valence-corrected chi connectivity index (χ2v) is 32.1. The van der Waals surface area contributed by atoms with Crippen molar-refractivity contribution in [1.82, 2.24) is 0 Å². The number of Topliss-reactive ketones (excluding diaryl/α,β-unsaturated/α-hetero) is 14. The van der Waals surface area contributed by atoms with Gasteiger partial charge in [-0.2, -0.15) is 99.2 Å². The van der Waals surface area contributed by atoms with E-state index in [0.29, 0.717) is 43.8 Å². The molecule has 2 heterocycles. The number of rotatable bonds is 25.